The fourth-order valence-corrected chi connectivity index (χ4v) is 3.17. The normalized spacial score (nSPS) is 12.8. The van der Waals surface area contributed by atoms with Crippen LogP contribution in [0.15, 0.2) is 54.0 Å². The van der Waals surface area contributed by atoms with E-state index in [-0.39, 0.29) is 5.56 Å². The maximum Gasteiger partial charge on any atom is 0.292 e. The smallest absolute Gasteiger partial charge is 0.292 e. The Morgan fingerprint density at radius 3 is 2.87 bits per heavy atom. The SMILES string of the molecule is O=c1[nH]c2c3ccccc3c(=Cc3cnc[nH]3)c2n2ccnc12. The zero-order valence-electron chi connectivity index (χ0n) is 11.9. The van der Waals surface area contributed by atoms with Crippen molar-refractivity contribution < 1.29 is 0 Å². The molecule has 23 heavy (non-hydrogen) atoms. The number of H-pyrrole nitrogens is 2. The first-order valence-corrected chi connectivity index (χ1v) is 7.22. The molecule has 0 saturated heterocycles. The van der Waals surface area contributed by atoms with Crippen molar-refractivity contribution in [3.05, 3.63) is 70.4 Å². The summed E-state index contributed by atoms with van der Waals surface area (Å²) in [5.74, 6) is 0. The number of hydrogen-bond donors (Lipinski definition) is 2. The van der Waals surface area contributed by atoms with Crippen LogP contribution < -0.4 is 10.8 Å². The van der Waals surface area contributed by atoms with Crippen molar-refractivity contribution in [1.82, 2.24) is 24.3 Å². The number of imidazole rings is 2. The molecule has 3 aromatic heterocycles. The summed E-state index contributed by atoms with van der Waals surface area (Å²) in [6.07, 6.45) is 8.91. The van der Waals surface area contributed by atoms with E-state index >= 15 is 0 Å². The highest BCUT2D eigenvalue weighted by Gasteiger charge is 2.13. The van der Waals surface area contributed by atoms with Crippen LogP contribution in [0.3, 0.4) is 0 Å². The Balaban J connectivity index is 2.14. The van der Waals surface area contributed by atoms with Gasteiger partial charge in [0.05, 0.1) is 29.3 Å². The molecule has 0 fully saturated rings. The lowest BCUT2D eigenvalue weighted by atomic mass is 10.2. The number of nitrogens with zero attached hydrogens (tertiary/aromatic N) is 3. The molecule has 6 nitrogen and oxygen atoms in total. The number of aromatic nitrogens is 5. The summed E-state index contributed by atoms with van der Waals surface area (Å²) in [4.78, 5) is 26.6. The zero-order valence-corrected chi connectivity index (χ0v) is 11.9. The largest absolute Gasteiger partial charge is 0.345 e. The molecule has 0 aliphatic heterocycles. The van der Waals surface area contributed by atoms with E-state index in [2.05, 4.69) is 26.0 Å². The molecule has 3 heterocycles. The van der Waals surface area contributed by atoms with E-state index in [4.69, 9.17) is 0 Å². The van der Waals surface area contributed by atoms with Crippen LogP contribution in [0, 0.1) is 0 Å². The molecule has 0 radical (unpaired) electrons. The molecular weight excluding hydrogens is 290 g/mol. The van der Waals surface area contributed by atoms with Crippen molar-refractivity contribution >= 4 is 33.5 Å². The molecule has 0 amide bonds. The van der Waals surface area contributed by atoms with E-state index in [1.165, 1.54) is 0 Å². The van der Waals surface area contributed by atoms with Gasteiger partial charge in [0.2, 0.25) is 5.65 Å². The lowest BCUT2D eigenvalue weighted by Crippen LogP contribution is -2.13. The summed E-state index contributed by atoms with van der Waals surface area (Å²) in [6.45, 7) is 0. The Labute approximate surface area is 129 Å². The van der Waals surface area contributed by atoms with Gasteiger partial charge in [-0.1, -0.05) is 24.3 Å². The molecule has 0 atom stereocenters. The van der Waals surface area contributed by atoms with Gasteiger partial charge in [0.1, 0.15) is 0 Å². The minimum Gasteiger partial charge on any atom is -0.345 e. The van der Waals surface area contributed by atoms with Gasteiger partial charge in [0.15, 0.2) is 0 Å². The van der Waals surface area contributed by atoms with Crippen molar-refractivity contribution in [2.45, 2.75) is 0 Å². The van der Waals surface area contributed by atoms with Gasteiger partial charge in [-0.2, -0.15) is 0 Å². The van der Waals surface area contributed by atoms with Crippen molar-refractivity contribution in [2.75, 3.05) is 0 Å². The number of fused-ring (bicyclic) bond motifs is 5. The van der Waals surface area contributed by atoms with Gasteiger partial charge in [-0.05, 0) is 11.5 Å². The zero-order chi connectivity index (χ0) is 15.4. The molecule has 0 unspecified atom stereocenters. The molecule has 0 aliphatic rings. The van der Waals surface area contributed by atoms with Crippen LogP contribution in [0.4, 0.5) is 0 Å². The lowest BCUT2D eigenvalue weighted by molar-refractivity contribution is 1.17. The van der Waals surface area contributed by atoms with Gasteiger partial charge in [-0.15, -0.1) is 0 Å². The molecule has 5 rings (SSSR count). The van der Waals surface area contributed by atoms with Gasteiger partial charge >= 0.3 is 0 Å². The monoisotopic (exact) mass is 301 g/mol. The predicted molar refractivity (Wildman–Crippen MR) is 88.2 cm³/mol. The van der Waals surface area contributed by atoms with E-state index in [0.717, 1.165) is 32.7 Å². The topological polar surface area (TPSA) is 78.8 Å². The van der Waals surface area contributed by atoms with Crippen LogP contribution >= 0.6 is 0 Å². The first-order chi connectivity index (χ1) is 11.3. The number of nitrogens with one attached hydrogen (secondary N) is 2. The Bertz CT molecular complexity index is 1280. The van der Waals surface area contributed by atoms with Crippen LogP contribution in [0.25, 0.3) is 33.5 Å². The summed E-state index contributed by atoms with van der Waals surface area (Å²) < 4.78 is 1.84. The number of hydrogen-bond acceptors (Lipinski definition) is 3. The van der Waals surface area contributed by atoms with Gasteiger partial charge in [-0.25, -0.2) is 9.97 Å². The molecule has 0 spiro atoms. The molecule has 2 aromatic carbocycles. The molecule has 0 aliphatic carbocycles. The van der Waals surface area contributed by atoms with Crippen LogP contribution in [-0.2, 0) is 0 Å². The highest BCUT2D eigenvalue weighted by atomic mass is 16.1. The molecule has 6 heteroatoms. The summed E-state index contributed by atoms with van der Waals surface area (Å²) >= 11 is 0. The van der Waals surface area contributed by atoms with E-state index in [1.54, 1.807) is 18.7 Å². The van der Waals surface area contributed by atoms with Gasteiger partial charge in [0.25, 0.3) is 5.56 Å². The van der Waals surface area contributed by atoms with Crippen LogP contribution in [0.5, 0.6) is 0 Å². The summed E-state index contributed by atoms with van der Waals surface area (Å²) in [6, 6.07) is 8.03. The van der Waals surface area contributed by atoms with Gasteiger partial charge in [-0.3, -0.25) is 9.20 Å². The third-order valence-corrected chi connectivity index (χ3v) is 4.12. The minimum absolute atomic E-state index is 0.189. The lowest BCUT2D eigenvalue weighted by Gasteiger charge is -1.97. The summed E-state index contributed by atoms with van der Waals surface area (Å²) in [5.41, 5.74) is 2.87. The molecule has 0 saturated carbocycles. The van der Waals surface area contributed by atoms with E-state index < -0.39 is 0 Å². The average molecular weight is 301 g/mol. The molecule has 2 N–H and O–H groups in total. The first-order valence-electron chi connectivity index (χ1n) is 7.22. The second-order valence-electron chi connectivity index (χ2n) is 5.41. The Kier molecular flexibility index (Phi) is 2.27. The second kappa shape index (κ2) is 4.30. The maximum absolute atomic E-state index is 12.3. The number of aromatic amines is 2. The Hall–Kier alpha value is -3.41. The minimum atomic E-state index is -0.189. The van der Waals surface area contributed by atoms with E-state index in [0.29, 0.717) is 5.65 Å². The molecule has 5 aromatic rings. The maximum atomic E-state index is 12.3. The average Bonchev–Trinajstić information content (AvgIpc) is 3.28. The van der Waals surface area contributed by atoms with Crippen molar-refractivity contribution in [3.63, 3.8) is 0 Å². The van der Waals surface area contributed by atoms with Crippen LogP contribution in [-0.4, -0.2) is 24.3 Å². The fourth-order valence-electron chi connectivity index (χ4n) is 3.17. The summed E-state index contributed by atoms with van der Waals surface area (Å²) in [5, 5.41) is 3.12. The molecule has 110 valence electrons. The van der Waals surface area contributed by atoms with E-state index in [1.807, 2.05) is 34.9 Å². The van der Waals surface area contributed by atoms with Crippen LogP contribution in [0.1, 0.15) is 5.69 Å². The number of benzene rings is 1. The van der Waals surface area contributed by atoms with Gasteiger partial charge in [0, 0.05) is 23.0 Å². The third kappa shape index (κ3) is 1.60. The van der Waals surface area contributed by atoms with Crippen molar-refractivity contribution in [2.24, 2.45) is 0 Å². The predicted octanol–water partition coefficient (Wildman–Crippen LogP) is 1.60. The Morgan fingerprint density at radius 1 is 1.17 bits per heavy atom. The highest BCUT2D eigenvalue weighted by Crippen LogP contribution is 2.22. The second-order valence-corrected chi connectivity index (χ2v) is 5.41. The fraction of sp³-hybridized carbons (Fsp3) is 0. The summed E-state index contributed by atoms with van der Waals surface area (Å²) in [7, 11) is 0. The number of rotatable bonds is 1. The van der Waals surface area contributed by atoms with E-state index in [9.17, 15) is 4.79 Å². The van der Waals surface area contributed by atoms with Crippen molar-refractivity contribution in [1.29, 1.82) is 0 Å². The quantitative estimate of drug-likeness (QED) is 0.493. The van der Waals surface area contributed by atoms with Gasteiger partial charge < -0.3 is 9.97 Å². The standard InChI is InChI=1S/C17H11N5O/c23-17-16-19-5-6-22(16)15-13(7-10-8-18-9-20-10)11-3-1-2-4-12(11)14(15)21-17/h1-9H,(H,18,20)(H,21,23). The highest BCUT2D eigenvalue weighted by molar-refractivity contribution is 6.09. The molecule has 0 bridgehead atoms. The third-order valence-electron chi connectivity index (χ3n) is 4.12. The molecular formula is C17H11N5O. The Morgan fingerprint density at radius 2 is 2.04 bits per heavy atom. The van der Waals surface area contributed by atoms with Crippen molar-refractivity contribution in [3.8, 4) is 0 Å². The van der Waals surface area contributed by atoms with Crippen LogP contribution in [0.2, 0.25) is 0 Å². The first kappa shape index (κ1) is 12.2.